The van der Waals surface area contributed by atoms with Crippen molar-refractivity contribution >= 4 is 5.96 Å². The van der Waals surface area contributed by atoms with Gasteiger partial charge in [-0.25, -0.2) is 0 Å². The summed E-state index contributed by atoms with van der Waals surface area (Å²) >= 11 is 0. The van der Waals surface area contributed by atoms with Gasteiger partial charge in [0, 0.05) is 32.3 Å². The number of guanidine groups is 1. The van der Waals surface area contributed by atoms with E-state index in [1.807, 2.05) is 25.1 Å². The van der Waals surface area contributed by atoms with Gasteiger partial charge < -0.3 is 20.1 Å². The van der Waals surface area contributed by atoms with Gasteiger partial charge in [0.15, 0.2) is 5.96 Å². The minimum Gasteiger partial charge on any atom is -0.494 e. The molecule has 22 heavy (non-hydrogen) atoms. The fraction of sp³-hybridized carbons (Fsp3) is 0.588. The normalized spacial score (nSPS) is 11.3. The highest BCUT2D eigenvalue weighted by atomic mass is 16.5. The Kier molecular flexibility index (Phi) is 9.87. The fourth-order valence-corrected chi connectivity index (χ4v) is 1.94. The highest BCUT2D eigenvalue weighted by molar-refractivity contribution is 5.79. The number of rotatable bonds is 10. The van der Waals surface area contributed by atoms with Crippen LogP contribution in [0.2, 0.25) is 0 Å². The molecule has 0 aliphatic rings. The first kappa shape index (κ1) is 18.3. The molecule has 124 valence electrons. The maximum atomic E-state index is 5.62. The molecular formula is C17H29N3O2. The van der Waals surface area contributed by atoms with Gasteiger partial charge in [-0.05, 0) is 19.4 Å². The van der Waals surface area contributed by atoms with Crippen LogP contribution < -0.4 is 15.4 Å². The molecule has 0 fully saturated rings. The average molecular weight is 307 g/mol. The van der Waals surface area contributed by atoms with Crippen LogP contribution in [0.1, 0.15) is 32.3 Å². The molecule has 0 radical (unpaired) electrons. The molecule has 2 N–H and O–H groups in total. The SMILES string of the molecule is CCCCOCCNC(=NC)NCc1ccccc1OCC. The predicted molar refractivity (Wildman–Crippen MR) is 91.5 cm³/mol. The van der Waals surface area contributed by atoms with Crippen molar-refractivity contribution in [2.24, 2.45) is 4.99 Å². The molecule has 0 spiro atoms. The molecule has 0 aromatic heterocycles. The minimum absolute atomic E-state index is 0.666. The van der Waals surface area contributed by atoms with Gasteiger partial charge in [-0.1, -0.05) is 31.5 Å². The van der Waals surface area contributed by atoms with Crippen molar-refractivity contribution in [3.63, 3.8) is 0 Å². The molecule has 0 bridgehead atoms. The lowest BCUT2D eigenvalue weighted by atomic mass is 10.2. The number of benzene rings is 1. The summed E-state index contributed by atoms with van der Waals surface area (Å²) in [5.41, 5.74) is 1.12. The van der Waals surface area contributed by atoms with E-state index < -0.39 is 0 Å². The second-order valence-corrected chi connectivity index (χ2v) is 4.86. The van der Waals surface area contributed by atoms with E-state index in [2.05, 4.69) is 28.6 Å². The van der Waals surface area contributed by atoms with Crippen molar-refractivity contribution < 1.29 is 9.47 Å². The van der Waals surface area contributed by atoms with Crippen LogP contribution in [0.15, 0.2) is 29.3 Å². The van der Waals surface area contributed by atoms with Gasteiger partial charge in [0.25, 0.3) is 0 Å². The summed E-state index contributed by atoms with van der Waals surface area (Å²) in [5.74, 6) is 1.68. The van der Waals surface area contributed by atoms with Gasteiger partial charge in [0.2, 0.25) is 0 Å². The van der Waals surface area contributed by atoms with Crippen LogP contribution in [-0.4, -0.2) is 39.4 Å². The molecule has 1 aromatic rings. The Morgan fingerprint density at radius 1 is 1.14 bits per heavy atom. The predicted octanol–water partition coefficient (Wildman–Crippen LogP) is 2.57. The number of unbranched alkanes of at least 4 members (excludes halogenated alkanes) is 1. The highest BCUT2D eigenvalue weighted by Crippen LogP contribution is 2.17. The maximum Gasteiger partial charge on any atom is 0.191 e. The Hall–Kier alpha value is -1.75. The lowest BCUT2D eigenvalue weighted by Crippen LogP contribution is -2.38. The first-order chi connectivity index (χ1) is 10.8. The zero-order valence-corrected chi connectivity index (χ0v) is 14.0. The Bertz CT molecular complexity index is 436. The van der Waals surface area contributed by atoms with Gasteiger partial charge in [-0.3, -0.25) is 4.99 Å². The highest BCUT2D eigenvalue weighted by Gasteiger charge is 2.03. The van der Waals surface area contributed by atoms with Gasteiger partial charge in [-0.2, -0.15) is 0 Å². The summed E-state index contributed by atoms with van der Waals surface area (Å²) in [4.78, 5) is 4.21. The smallest absolute Gasteiger partial charge is 0.191 e. The quantitative estimate of drug-likeness (QED) is 0.396. The van der Waals surface area contributed by atoms with Crippen molar-refractivity contribution in [3.05, 3.63) is 29.8 Å². The van der Waals surface area contributed by atoms with Crippen LogP contribution in [0.25, 0.3) is 0 Å². The van der Waals surface area contributed by atoms with Crippen LogP contribution in [0.4, 0.5) is 0 Å². The number of ether oxygens (including phenoxy) is 2. The summed E-state index contributed by atoms with van der Waals surface area (Å²) in [6.07, 6.45) is 2.27. The van der Waals surface area contributed by atoms with E-state index in [0.717, 1.165) is 43.3 Å². The van der Waals surface area contributed by atoms with Crippen LogP contribution in [0.5, 0.6) is 5.75 Å². The number of para-hydroxylation sites is 1. The number of hydrogen-bond acceptors (Lipinski definition) is 3. The van der Waals surface area contributed by atoms with Gasteiger partial charge >= 0.3 is 0 Å². The fourth-order valence-electron chi connectivity index (χ4n) is 1.94. The topological polar surface area (TPSA) is 54.9 Å². The molecule has 1 aromatic carbocycles. The van der Waals surface area contributed by atoms with Crippen molar-refractivity contribution in [3.8, 4) is 5.75 Å². The largest absolute Gasteiger partial charge is 0.494 e. The van der Waals surface area contributed by atoms with Crippen LogP contribution in [0.3, 0.4) is 0 Å². The number of aliphatic imine (C=N–C) groups is 1. The Morgan fingerprint density at radius 3 is 2.68 bits per heavy atom. The van der Waals surface area contributed by atoms with Crippen LogP contribution in [0, 0.1) is 0 Å². The summed E-state index contributed by atoms with van der Waals surface area (Å²) in [6, 6.07) is 8.03. The van der Waals surface area contributed by atoms with E-state index in [4.69, 9.17) is 9.47 Å². The van der Waals surface area contributed by atoms with Crippen LogP contribution in [-0.2, 0) is 11.3 Å². The van der Waals surface area contributed by atoms with Gasteiger partial charge in [0.05, 0.1) is 13.2 Å². The summed E-state index contributed by atoms with van der Waals surface area (Å²) in [5, 5.41) is 6.53. The summed E-state index contributed by atoms with van der Waals surface area (Å²) in [7, 11) is 1.77. The Morgan fingerprint density at radius 2 is 1.95 bits per heavy atom. The standard InChI is InChI=1S/C17H29N3O2/c1-4-6-12-21-13-11-19-17(18-3)20-14-15-9-7-8-10-16(15)22-5-2/h7-10H,4-6,11-14H2,1-3H3,(H2,18,19,20). The molecule has 0 heterocycles. The molecule has 0 saturated heterocycles. The number of nitrogens with one attached hydrogen (secondary N) is 2. The van der Waals surface area contributed by atoms with Gasteiger partial charge in [-0.15, -0.1) is 0 Å². The van der Waals surface area contributed by atoms with Crippen molar-refractivity contribution in [1.29, 1.82) is 0 Å². The summed E-state index contributed by atoms with van der Waals surface area (Å²) in [6.45, 7) is 7.75. The second-order valence-electron chi connectivity index (χ2n) is 4.86. The Labute approximate surface area is 134 Å². The minimum atomic E-state index is 0.666. The van der Waals surface area contributed by atoms with E-state index in [0.29, 0.717) is 19.8 Å². The van der Waals surface area contributed by atoms with Crippen molar-refractivity contribution in [1.82, 2.24) is 10.6 Å². The zero-order chi connectivity index (χ0) is 16.0. The molecule has 1 rings (SSSR count). The van der Waals surface area contributed by atoms with E-state index in [1.54, 1.807) is 7.05 Å². The lowest BCUT2D eigenvalue weighted by molar-refractivity contribution is 0.136. The molecule has 0 amide bonds. The molecule has 0 unspecified atom stereocenters. The molecule has 0 saturated carbocycles. The number of hydrogen-bond donors (Lipinski definition) is 2. The van der Waals surface area contributed by atoms with Crippen LogP contribution >= 0.6 is 0 Å². The summed E-state index contributed by atoms with van der Waals surface area (Å²) < 4.78 is 11.1. The van der Waals surface area contributed by atoms with Crippen molar-refractivity contribution in [2.75, 3.05) is 33.4 Å². The first-order valence-corrected chi connectivity index (χ1v) is 8.04. The third-order valence-electron chi connectivity index (χ3n) is 3.12. The van der Waals surface area contributed by atoms with Gasteiger partial charge in [0.1, 0.15) is 5.75 Å². The molecular weight excluding hydrogens is 278 g/mol. The van der Waals surface area contributed by atoms with E-state index >= 15 is 0 Å². The van der Waals surface area contributed by atoms with E-state index in [9.17, 15) is 0 Å². The zero-order valence-electron chi connectivity index (χ0n) is 14.0. The Balaban J connectivity index is 2.32. The van der Waals surface area contributed by atoms with E-state index in [-0.39, 0.29) is 0 Å². The van der Waals surface area contributed by atoms with Crippen molar-refractivity contribution in [2.45, 2.75) is 33.2 Å². The molecule has 5 nitrogen and oxygen atoms in total. The monoisotopic (exact) mass is 307 g/mol. The maximum absolute atomic E-state index is 5.62. The third-order valence-corrected chi connectivity index (χ3v) is 3.12. The molecule has 0 aliphatic carbocycles. The number of nitrogens with zero attached hydrogens (tertiary/aromatic N) is 1. The molecule has 0 aliphatic heterocycles. The lowest BCUT2D eigenvalue weighted by Gasteiger charge is -2.14. The third kappa shape index (κ3) is 7.31. The molecule has 0 atom stereocenters. The average Bonchev–Trinajstić information content (AvgIpc) is 2.55. The second kappa shape index (κ2) is 11.9. The molecule has 5 heteroatoms. The first-order valence-electron chi connectivity index (χ1n) is 8.04. The van der Waals surface area contributed by atoms with E-state index in [1.165, 1.54) is 0 Å².